The topological polar surface area (TPSA) is 34.1 Å². The highest BCUT2D eigenvalue weighted by atomic mass is 32.2. The van der Waals surface area contributed by atoms with Crippen molar-refractivity contribution in [3.8, 4) is 0 Å². The third-order valence-electron chi connectivity index (χ3n) is 2.26. The summed E-state index contributed by atoms with van der Waals surface area (Å²) in [5, 5.41) is 0. The van der Waals surface area contributed by atoms with Gasteiger partial charge in [0.15, 0.2) is 0 Å². The minimum absolute atomic E-state index is 0.105. The zero-order valence-electron chi connectivity index (χ0n) is 9.86. The second-order valence-electron chi connectivity index (χ2n) is 4.01. The van der Waals surface area contributed by atoms with Crippen molar-refractivity contribution in [2.24, 2.45) is 0 Å². The summed E-state index contributed by atoms with van der Waals surface area (Å²) in [4.78, 5) is 11.3. The van der Waals surface area contributed by atoms with Crippen molar-refractivity contribution in [3.05, 3.63) is 35.4 Å². The summed E-state index contributed by atoms with van der Waals surface area (Å²) in [6.07, 6.45) is 1.38. The van der Waals surface area contributed by atoms with E-state index in [1.54, 1.807) is 0 Å². The lowest BCUT2D eigenvalue weighted by atomic mass is 10.2. The van der Waals surface area contributed by atoms with E-state index in [4.69, 9.17) is 0 Å². The van der Waals surface area contributed by atoms with E-state index in [9.17, 15) is 9.00 Å². The summed E-state index contributed by atoms with van der Waals surface area (Å²) in [6.45, 7) is 3.97. The number of rotatable bonds is 6. The quantitative estimate of drug-likeness (QED) is 0.763. The molecule has 2 nitrogen and oxygen atoms in total. The first-order valence-electron chi connectivity index (χ1n) is 5.54. The van der Waals surface area contributed by atoms with Gasteiger partial charge in [0.05, 0.1) is 5.75 Å². The fraction of sp³-hybridized carbons (Fsp3) is 0.462. The van der Waals surface area contributed by atoms with Crippen LogP contribution in [0, 0.1) is 6.92 Å². The van der Waals surface area contributed by atoms with Crippen molar-refractivity contribution in [1.82, 2.24) is 0 Å². The SMILES string of the molecule is CCCC(=O)CS(=O)Cc1cccc(C)c1. The molecule has 88 valence electrons. The molecule has 0 amide bonds. The molecule has 1 aromatic rings. The van der Waals surface area contributed by atoms with Crippen LogP contribution in [-0.4, -0.2) is 15.7 Å². The Kier molecular flexibility index (Phi) is 5.39. The Balaban J connectivity index is 2.48. The highest BCUT2D eigenvalue weighted by Gasteiger charge is 2.07. The molecule has 0 aliphatic heterocycles. The molecule has 0 aromatic heterocycles. The molecule has 0 fully saturated rings. The van der Waals surface area contributed by atoms with E-state index >= 15 is 0 Å². The Morgan fingerprint density at radius 1 is 1.38 bits per heavy atom. The zero-order valence-corrected chi connectivity index (χ0v) is 10.7. The molecule has 1 rings (SSSR count). The molecular weight excluding hydrogens is 220 g/mol. The summed E-state index contributed by atoms with van der Waals surface area (Å²) in [5.41, 5.74) is 2.21. The molecule has 0 radical (unpaired) electrons. The molecule has 0 saturated heterocycles. The summed E-state index contributed by atoms with van der Waals surface area (Å²) < 4.78 is 11.7. The van der Waals surface area contributed by atoms with Crippen LogP contribution in [-0.2, 0) is 21.3 Å². The highest BCUT2D eigenvalue weighted by Crippen LogP contribution is 2.07. The minimum atomic E-state index is -1.06. The van der Waals surface area contributed by atoms with Gasteiger partial charge in [-0.05, 0) is 18.9 Å². The predicted octanol–water partition coefficient (Wildman–Crippen LogP) is 2.61. The van der Waals surface area contributed by atoms with E-state index in [-0.39, 0.29) is 11.5 Å². The molecule has 0 spiro atoms. The minimum Gasteiger partial charge on any atom is -0.299 e. The average molecular weight is 238 g/mol. The van der Waals surface area contributed by atoms with Crippen LogP contribution in [0.3, 0.4) is 0 Å². The fourth-order valence-corrected chi connectivity index (χ4v) is 2.73. The molecule has 3 heteroatoms. The zero-order chi connectivity index (χ0) is 12.0. The highest BCUT2D eigenvalue weighted by molar-refractivity contribution is 7.84. The van der Waals surface area contributed by atoms with Crippen molar-refractivity contribution >= 4 is 16.6 Å². The largest absolute Gasteiger partial charge is 0.299 e. The smallest absolute Gasteiger partial charge is 0.145 e. The molecule has 1 aromatic carbocycles. The summed E-state index contributed by atoms with van der Waals surface area (Å²) in [6, 6.07) is 7.93. The Morgan fingerprint density at radius 2 is 2.12 bits per heavy atom. The van der Waals surface area contributed by atoms with Gasteiger partial charge in [0.1, 0.15) is 5.78 Å². The van der Waals surface area contributed by atoms with Crippen LogP contribution in [0.15, 0.2) is 24.3 Å². The lowest BCUT2D eigenvalue weighted by Crippen LogP contribution is -2.11. The number of ketones is 1. The van der Waals surface area contributed by atoms with E-state index < -0.39 is 10.8 Å². The Bertz CT molecular complexity index is 385. The normalized spacial score (nSPS) is 12.4. The number of hydrogen-bond acceptors (Lipinski definition) is 2. The molecule has 0 heterocycles. The first kappa shape index (κ1) is 13.1. The molecule has 0 saturated carbocycles. The third kappa shape index (κ3) is 4.71. The Labute approximate surface area is 99.5 Å². The van der Waals surface area contributed by atoms with Crippen molar-refractivity contribution in [2.45, 2.75) is 32.4 Å². The van der Waals surface area contributed by atoms with Crippen LogP contribution < -0.4 is 0 Å². The van der Waals surface area contributed by atoms with Gasteiger partial charge >= 0.3 is 0 Å². The number of benzene rings is 1. The van der Waals surface area contributed by atoms with Crippen LogP contribution in [0.25, 0.3) is 0 Å². The van der Waals surface area contributed by atoms with Gasteiger partial charge in [0.25, 0.3) is 0 Å². The number of Topliss-reactive ketones (excluding diaryl/α,β-unsaturated/α-hetero) is 1. The van der Waals surface area contributed by atoms with Gasteiger partial charge in [0, 0.05) is 23.0 Å². The summed E-state index contributed by atoms with van der Waals surface area (Å²) >= 11 is 0. The number of aryl methyl sites for hydroxylation is 1. The van der Waals surface area contributed by atoms with Crippen molar-refractivity contribution in [2.75, 3.05) is 5.75 Å². The molecule has 1 atom stereocenters. The van der Waals surface area contributed by atoms with Gasteiger partial charge in [0.2, 0.25) is 0 Å². The maximum absolute atomic E-state index is 11.7. The lowest BCUT2D eigenvalue weighted by molar-refractivity contribution is -0.116. The molecular formula is C13H18O2S. The molecule has 0 aliphatic rings. The predicted molar refractivity (Wildman–Crippen MR) is 67.8 cm³/mol. The van der Waals surface area contributed by atoms with Crippen molar-refractivity contribution < 1.29 is 9.00 Å². The Morgan fingerprint density at radius 3 is 2.75 bits per heavy atom. The van der Waals surface area contributed by atoms with Gasteiger partial charge < -0.3 is 0 Å². The number of carbonyl (C=O) groups excluding carboxylic acids is 1. The van der Waals surface area contributed by atoms with Gasteiger partial charge in [-0.25, -0.2) is 0 Å². The van der Waals surface area contributed by atoms with Gasteiger partial charge in [-0.15, -0.1) is 0 Å². The average Bonchev–Trinajstić information content (AvgIpc) is 2.17. The second kappa shape index (κ2) is 6.59. The maximum Gasteiger partial charge on any atom is 0.145 e. The molecule has 1 unspecified atom stereocenters. The molecule has 16 heavy (non-hydrogen) atoms. The maximum atomic E-state index is 11.7. The fourth-order valence-electron chi connectivity index (χ4n) is 1.57. The van der Waals surface area contributed by atoms with Gasteiger partial charge in [-0.3, -0.25) is 9.00 Å². The first-order chi connectivity index (χ1) is 7.61. The van der Waals surface area contributed by atoms with Crippen LogP contribution in [0.1, 0.15) is 30.9 Å². The lowest BCUT2D eigenvalue weighted by Gasteiger charge is -2.02. The van der Waals surface area contributed by atoms with Crippen molar-refractivity contribution in [3.63, 3.8) is 0 Å². The third-order valence-corrected chi connectivity index (χ3v) is 3.56. The van der Waals surface area contributed by atoms with Crippen LogP contribution in [0.4, 0.5) is 0 Å². The first-order valence-corrected chi connectivity index (χ1v) is 7.03. The van der Waals surface area contributed by atoms with E-state index in [1.807, 2.05) is 38.1 Å². The van der Waals surface area contributed by atoms with Crippen LogP contribution in [0.5, 0.6) is 0 Å². The monoisotopic (exact) mass is 238 g/mol. The van der Waals surface area contributed by atoms with E-state index in [0.717, 1.165) is 17.5 Å². The molecule has 0 N–H and O–H groups in total. The summed E-state index contributed by atoms with van der Waals surface area (Å²) in [7, 11) is -1.06. The van der Waals surface area contributed by atoms with Crippen LogP contribution >= 0.6 is 0 Å². The van der Waals surface area contributed by atoms with E-state index in [0.29, 0.717) is 12.2 Å². The molecule has 0 bridgehead atoms. The molecule has 0 aliphatic carbocycles. The van der Waals surface area contributed by atoms with E-state index in [1.165, 1.54) is 0 Å². The summed E-state index contributed by atoms with van der Waals surface area (Å²) in [5.74, 6) is 0.785. The van der Waals surface area contributed by atoms with Gasteiger partial charge in [-0.2, -0.15) is 0 Å². The second-order valence-corrected chi connectivity index (χ2v) is 5.46. The standard InChI is InChI=1S/C13H18O2S/c1-3-5-13(14)10-16(15)9-12-7-4-6-11(2)8-12/h4,6-8H,3,5,9-10H2,1-2H3. The van der Waals surface area contributed by atoms with Gasteiger partial charge in [-0.1, -0.05) is 36.8 Å². The Hall–Kier alpha value is -0.960. The van der Waals surface area contributed by atoms with E-state index in [2.05, 4.69) is 0 Å². The van der Waals surface area contributed by atoms with Crippen molar-refractivity contribution in [1.29, 1.82) is 0 Å². The number of hydrogen-bond donors (Lipinski definition) is 0. The number of carbonyl (C=O) groups is 1. The van der Waals surface area contributed by atoms with Crippen LogP contribution in [0.2, 0.25) is 0 Å².